The Morgan fingerprint density at radius 1 is 1.28 bits per heavy atom. The van der Waals surface area contributed by atoms with Gasteiger partial charge in [-0.25, -0.2) is 17.6 Å². The van der Waals surface area contributed by atoms with Gasteiger partial charge in [-0.3, -0.25) is 4.79 Å². The van der Waals surface area contributed by atoms with Gasteiger partial charge < -0.3 is 10.4 Å². The van der Waals surface area contributed by atoms with Crippen molar-refractivity contribution in [3.05, 3.63) is 29.3 Å². The molecule has 0 saturated carbocycles. The van der Waals surface area contributed by atoms with Crippen LogP contribution in [0.1, 0.15) is 19.8 Å². The average molecular weight is 265 g/mol. The lowest BCUT2D eigenvalue weighted by Crippen LogP contribution is -2.19. The molecule has 0 aliphatic rings. The Hall–Kier alpha value is -1.79. The number of halogens is 4. The molecule has 0 bridgehead atoms. The third-order valence-electron chi connectivity index (χ3n) is 2.29. The topological polar surface area (TPSA) is 49.3 Å². The minimum absolute atomic E-state index is 0.0619. The van der Waals surface area contributed by atoms with Gasteiger partial charge in [0.1, 0.15) is 5.69 Å². The van der Waals surface area contributed by atoms with E-state index in [2.05, 4.69) is 5.32 Å². The van der Waals surface area contributed by atoms with Crippen LogP contribution in [0.3, 0.4) is 0 Å². The molecule has 100 valence electrons. The van der Waals surface area contributed by atoms with Crippen LogP contribution in [0.2, 0.25) is 0 Å². The highest BCUT2D eigenvalue weighted by Crippen LogP contribution is 2.25. The number of carboxylic acids is 1. The molecule has 1 unspecified atom stereocenters. The summed E-state index contributed by atoms with van der Waals surface area (Å²) in [5, 5.41) is 10.7. The second-order valence-corrected chi connectivity index (χ2v) is 3.82. The molecule has 1 rings (SSSR count). The van der Waals surface area contributed by atoms with E-state index in [1.807, 2.05) is 0 Å². The molecule has 0 aliphatic carbocycles. The normalized spacial score (nSPS) is 12.3. The minimum Gasteiger partial charge on any atom is -0.481 e. The van der Waals surface area contributed by atoms with Gasteiger partial charge in [0.05, 0.1) is 0 Å². The number of nitrogens with one attached hydrogen (secondary N) is 1. The molecule has 1 atom stereocenters. The molecule has 0 saturated heterocycles. The van der Waals surface area contributed by atoms with Crippen molar-refractivity contribution in [1.29, 1.82) is 0 Å². The maximum atomic E-state index is 13.2. The summed E-state index contributed by atoms with van der Waals surface area (Å²) in [7, 11) is 0. The van der Waals surface area contributed by atoms with Crippen molar-refractivity contribution in [2.75, 3.05) is 5.32 Å². The highest BCUT2D eigenvalue weighted by atomic mass is 19.2. The van der Waals surface area contributed by atoms with Crippen LogP contribution in [0.5, 0.6) is 0 Å². The van der Waals surface area contributed by atoms with Gasteiger partial charge in [0.15, 0.2) is 23.3 Å². The Labute approximate surface area is 100 Å². The van der Waals surface area contributed by atoms with Crippen molar-refractivity contribution in [3.8, 4) is 0 Å². The van der Waals surface area contributed by atoms with E-state index >= 15 is 0 Å². The summed E-state index contributed by atoms with van der Waals surface area (Å²) < 4.78 is 52.2. The number of aliphatic carboxylic acids is 1. The van der Waals surface area contributed by atoms with Gasteiger partial charge in [-0.05, 0) is 13.3 Å². The van der Waals surface area contributed by atoms with E-state index in [4.69, 9.17) is 5.11 Å². The van der Waals surface area contributed by atoms with E-state index < -0.39 is 41.0 Å². The van der Waals surface area contributed by atoms with Gasteiger partial charge in [-0.2, -0.15) is 0 Å². The van der Waals surface area contributed by atoms with Crippen molar-refractivity contribution >= 4 is 11.7 Å². The number of benzene rings is 1. The molecule has 0 amide bonds. The van der Waals surface area contributed by atoms with E-state index in [-0.39, 0.29) is 18.9 Å². The molecule has 18 heavy (non-hydrogen) atoms. The Kier molecular flexibility index (Phi) is 4.52. The van der Waals surface area contributed by atoms with E-state index in [1.54, 1.807) is 0 Å². The zero-order valence-electron chi connectivity index (χ0n) is 9.44. The first kappa shape index (κ1) is 14.3. The van der Waals surface area contributed by atoms with Crippen molar-refractivity contribution in [1.82, 2.24) is 0 Å². The Morgan fingerprint density at radius 2 is 1.78 bits per heavy atom. The zero-order chi connectivity index (χ0) is 13.9. The number of anilines is 1. The maximum absolute atomic E-state index is 13.2. The quantitative estimate of drug-likeness (QED) is 0.635. The van der Waals surface area contributed by atoms with Crippen molar-refractivity contribution < 1.29 is 27.5 Å². The first-order valence-electron chi connectivity index (χ1n) is 5.14. The number of hydrogen-bond donors (Lipinski definition) is 2. The fourth-order valence-electron chi connectivity index (χ4n) is 1.36. The first-order chi connectivity index (χ1) is 8.32. The summed E-state index contributed by atoms with van der Waals surface area (Å²) in [6, 6.07) is -0.538. The highest BCUT2D eigenvalue weighted by Gasteiger charge is 2.20. The fourth-order valence-corrected chi connectivity index (χ4v) is 1.36. The summed E-state index contributed by atoms with van der Waals surface area (Å²) in [5.74, 6) is -7.16. The summed E-state index contributed by atoms with van der Waals surface area (Å²) in [5.41, 5.74) is -0.926. The summed E-state index contributed by atoms with van der Waals surface area (Å²) in [6.07, 6.45) is -0.165. The number of carboxylic acid groups (broad SMARTS) is 1. The van der Waals surface area contributed by atoms with E-state index in [0.29, 0.717) is 0 Å². The number of carbonyl (C=O) groups is 1. The standard InChI is InChI=1S/C11H11F4NO2/c1-5(2-3-8(17)18)16-11-9(14)6(12)4-7(13)10(11)15/h4-5,16H,2-3H2,1H3,(H,17,18). The van der Waals surface area contributed by atoms with Crippen LogP contribution in [-0.4, -0.2) is 17.1 Å². The van der Waals surface area contributed by atoms with Crippen molar-refractivity contribution in [2.24, 2.45) is 0 Å². The van der Waals surface area contributed by atoms with Crippen LogP contribution in [0.4, 0.5) is 23.2 Å². The predicted molar refractivity (Wildman–Crippen MR) is 56.2 cm³/mol. The summed E-state index contributed by atoms with van der Waals surface area (Å²) >= 11 is 0. The molecule has 7 heteroatoms. The smallest absolute Gasteiger partial charge is 0.303 e. The molecule has 0 spiro atoms. The average Bonchev–Trinajstić information content (AvgIpc) is 2.29. The second kappa shape index (κ2) is 5.70. The largest absolute Gasteiger partial charge is 0.481 e. The molecule has 1 aromatic carbocycles. The van der Waals surface area contributed by atoms with Crippen LogP contribution in [0.25, 0.3) is 0 Å². The van der Waals surface area contributed by atoms with Gasteiger partial charge in [-0.15, -0.1) is 0 Å². The maximum Gasteiger partial charge on any atom is 0.303 e. The van der Waals surface area contributed by atoms with Crippen LogP contribution in [0, 0.1) is 23.3 Å². The van der Waals surface area contributed by atoms with Gasteiger partial charge in [0, 0.05) is 18.5 Å². The Bertz CT molecular complexity index is 439. The molecule has 3 nitrogen and oxygen atoms in total. The van der Waals surface area contributed by atoms with Crippen LogP contribution in [0.15, 0.2) is 6.07 Å². The molecule has 0 aromatic heterocycles. The molecule has 0 fully saturated rings. The van der Waals surface area contributed by atoms with Gasteiger partial charge >= 0.3 is 5.97 Å². The Morgan fingerprint density at radius 3 is 2.22 bits per heavy atom. The third kappa shape index (κ3) is 3.35. The highest BCUT2D eigenvalue weighted by molar-refractivity contribution is 5.66. The van der Waals surface area contributed by atoms with Crippen molar-refractivity contribution in [3.63, 3.8) is 0 Å². The van der Waals surface area contributed by atoms with Crippen LogP contribution >= 0.6 is 0 Å². The van der Waals surface area contributed by atoms with Gasteiger partial charge in [-0.1, -0.05) is 0 Å². The predicted octanol–water partition coefficient (Wildman–Crippen LogP) is 2.91. The first-order valence-corrected chi connectivity index (χ1v) is 5.14. The van der Waals surface area contributed by atoms with Crippen molar-refractivity contribution in [2.45, 2.75) is 25.8 Å². The second-order valence-electron chi connectivity index (χ2n) is 3.82. The fraction of sp³-hybridized carbons (Fsp3) is 0.364. The molecule has 1 aromatic rings. The monoisotopic (exact) mass is 265 g/mol. The van der Waals surface area contributed by atoms with Gasteiger partial charge in [0.2, 0.25) is 0 Å². The van der Waals surface area contributed by atoms with Crippen LogP contribution < -0.4 is 5.32 Å². The number of rotatable bonds is 5. The van der Waals surface area contributed by atoms with E-state index in [9.17, 15) is 22.4 Å². The van der Waals surface area contributed by atoms with Crippen LogP contribution in [-0.2, 0) is 4.79 Å². The third-order valence-corrected chi connectivity index (χ3v) is 2.29. The van der Waals surface area contributed by atoms with Gasteiger partial charge in [0.25, 0.3) is 0 Å². The molecule has 0 radical (unpaired) electrons. The summed E-state index contributed by atoms with van der Waals surface area (Å²) in [4.78, 5) is 10.3. The Balaban J connectivity index is 2.87. The van der Waals surface area contributed by atoms with E-state index in [1.165, 1.54) is 6.92 Å². The summed E-state index contributed by atoms with van der Waals surface area (Å²) in [6.45, 7) is 1.45. The number of hydrogen-bond acceptors (Lipinski definition) is 2. The molecule has 0 aliphatic heterocycles. The molecular weight excluding hydrogens is 254 g/mol. The molecule has 0 heterocycles. The minimum atomic E-state index is -1.53. The SMILES string of the molecule is CC(CCC(=O)O)Nc1c(F)c(F)cc(F)c1F. The lowest BCUT2D eigenvalue weighted by atomic mass is 10.1. The molecular formula is C11H11F4NO2. The van der Waals surface area contributed by atoms with E-state index in [0.717, 1.165) is 0 Å². The zero-order valence-corrected chi connectivity index (χ0v) is 9.44. The molecule has 2 N–H and O–H groups in total. The lowest BCUT2D eigenvalue weighted by Gasteiger charge is -2.16. The lowest BCUT2D eigenvalue weighted by molar-refractivity contribution is -0.137.